The van der Waals surface area contributed by atoms with Gasteiger partial charge >= 0.3 is 0 Å². The SMILES string of the molecule is CCCC(OC)C(=N)OC. The molecule has 0 spiro atoms. The molecule has 0 aliphatic carbocycles. The molecular formula is C7H15NO2. The van der Waals surface area contributed by atoms with Crippen LogP contribution in [-0.4, -0.2) is 26.2 Å². The van der Waals surface area contributed by atoms with E-state index in [0.29, 0.717) is 0 Å². The summed E-state index contributed by atoms with van der Waals surface area (Å²) in [7, 11) is 3.08. The zero-order chi connectivity index (χ0) is 7.98. The van der Waals surface area contributed by atoms with Crippen LogP contribution in [0.15, 0.2) is 0 Å². The van der Waals surface area contributed by atoms with Gasteiger partial charge in [0.25, 0.3) is 0 Å². The van der Waals surface area contributed by atoms with Crippen LogP contribution in [-0.2, 0) is 9.47 Å². The zero-order valence-corrected chi connectivity index (χ0v) is 6.81. The summed E-state index contributed by atoms with van der Waals surface area (Å²) in [6.07, 6.45) is 1.70. The molecule has 0 amide bonds. The van der Waals surface area contributed by atoms with E-state index in [1.807, 2.05) is 0 Å². The van der Waals surface area contributed by atoms with Crippen molar-refractivity contribution in [1.29, 1.82) is 5.41 Å². The summed E-state index contributed by atoms with van der Waals surface area (Å²) < 4.78 is 9.71. The van der Waals surface area contributed by atoms with Gasteiger partial charge in [-0.25, -0.2) is 0 Å². The monoisotopic (exact) mass is 145 g/mol. The molecule has 0 radical (unpaired) electrons. The molecule has 1 N–H and O–H groups in total. The number of ether oxygens (including phenoxy) is 2. The van der Waals surface area contributed by atoms with Crippen LogP contribution in [0.1, 0.15) is 19.8 Å². The third-order valence-electron chi connectivity index (χ3n) is 1.35. The van der Waals surface area contributed by atoms with Crippen molar-refractivity contribution in [2.45, 2.75) is 25.9 Å². The van der Waals surface area contributed by atoms with E-state index >= 15 is 0 Å². The maximum Gasteiger partial charge on any atom is 0.210 e. The van der Waals surface area contributed by atoms with E-state index in [2.05, 4.69) is 6.92 Å². The molecule has 1 unspecified atom stereocenters. The summed E-state index contributed by atoms with van der Waals surface area (Å²) >= 11 is 0. The molecular weight excluding hydrogens is 130 g/mol. The molecule has 0 aromatic heterocycles. The largest absolute Gasteiger partial charge is 0.483 e. The second kappa shape index (κ2) is 5.23. The van der Waals surface area contributed by atoms with Crippen LogP contribution in [0.2, 0.25) is 0 Å². The summed E-state index contributed by atoms with van der Waals surface area (Å²) in [4.78, 5) is 0. The lowest BCUT2D eigenvalue weighted by Gasteiger charge is -2.13. The van der Waals surface area contributed by atoms with Gasteiger partial charge in [0, 0.05) is 7.11 Å². The second-order valence-electron chi connectivity index (χ2n) is 2.08. The summed E-state index contributed by atoms with van der Waals surface area (Å²) in [5.41, 5.74) is 0. The normalized spacial score (nSPS) is 12.7. The summed E-state index contributed by atoms with van der Waals surface area (Å²) in [5, 5.41) is 7.25. The number of nitrogens with one attached hydrogen (secondary N) is 1. The maximum atomic E-state index is 7.25. The van der Waals surface area contributed by atoms with Crippen molar-refractivity contribution in [2.24, 2.45) is 0 Å². The van der Waals surface area contributed by atoms with E-state index in [1.54, 1.807) is 7.11 Å². The van der Waals surface area contributed by atoms with Gasteiger partial charge in [0.05, 0.1) is 7.11 Å². The Hall–Kier alpha value is -0.570. The Bertz CT molecular complexity index is 104. The molecule has 0 fully saturated rings. The van der Waals surface area contributed by atoms with Gasteiger partial charge in [-0.1, -0.05) is 13.3 Å². The van der Waals surface area contributed by atoms with Crippen LogP contribution >= 0.6 is 0 Å². The first-order chi connectivity index (χ1) is 4.76. The Labute approximate surface area is 61.8 Å². The standard InChI is InChI=1S/C7H15NO2/c1-4-5-6(9-2)7(8)10-3/h6,8H,4-5H2,1-3H3. The first-order valence-electron chi connectivity index (χ1n) is 3.41. The third kappa shape index (κ3) is 2.82. The highest BCUT2D eigenvalue weighted by Crippen LogP contribution is 2.02. The molecule has 3 nitrogen and oxygen atoms in total. The van der Waals surface area contributed by atoms with Crippen molar-refractivity contribution < 1.29 is 9.47 Å². The predicted octanol–water partition coefficient (Wildman–Crippen LogP) is 1.43. The average Bonchev–Trinajstić information content (AvgIpc) is 1.99. The van der Waals surface area contributed by atoms with Crippen molar-refractivity contribution >= 4 is 5.90 Å². The molecule has 0 rings (SSSR count). The van der Waals surface area contributed by atoms with E-state index in [4.69, 9.17) is 14.9 Å². The van der Waals surface area contributed by atoms with Crippen LogP contribution in [0.25, 0.3) is 0 Å². The highest BCUT2D eigenvalue weighted by Gasteiger charge is 2.11. The Morgan fingerprint density at radius 2 is 2.10 bits per heavy atom. The summed E-state index contributed by atoms with van der Waals surface area (Å²) in [6.45, 7) is 2.05. The summed E-state index contributed by atoms with van der Waals surface area (Å²) in [6, 6.07) is 0. The Morgan fingerprint density at radius 3 is 2.40 bits per heavy atom. The molecule has 3 heteroatoms. The molecule has 0 heterocycles. The zero-order valence-electron chi connectivity index (χ0n) is 6.81. The Balaban J connectivity index is 3.68. The molecule has 0 aromatic rings. The minimum Gasteiger partial charge on any atom is -0.483 e. The Kier molecular flexibility index (Phi) is 4.94. The van der Waals surface area contributed by atoms with Gasteiger partial charge in [0.15, 0.2) is 0 Å². The fourth-order valence-electron chi connectivity index (χ4n) is 0.750. The lowest BCUT2D eigenvalue weighted by molar-refractivity contribution is 0.124. The molecule has 60 valence electrons. The van der Waals surface area contributed by atoms with Crippen LogP contribution in [0.5, 0.6) is 0 Å². The van der Waals surface area contributed by atoms with E-state index in [1.165, 1.54) is 7.11 Å². The van der Waals surface area contributed by atoms with Gasteiger partial charge < -0.3 is 9.47 Å². The van der Waals surface area contributed by atoms with Crippen LogP contribution in [0, 0.1) is 5.41 Å². The van der Waals surface area contributed by atoms with E-state index in [0.717, 1.165) is 12.8 Å². The minimum absolute atomic E-state index is 0.157. The highest BCUT2D eigenvalue weighted by atomic mass is 16.5. The lowest BCUT2D eigenvalue weighted by atomic mass is 10.2. The molecule has 0 bridgehead atoms. The van der Waals surface area contributed by atoms with Crippen molar-refractivity contribution in [3.8, 4) is 0 Å². The molecule has 10 heavy (non-hydrogen) atoms. The van der Waals surface area contributed by atoms with E-state index < -0.39 is 0 Å². The van der Waals surface area contributed by atoms with Gasteiger partial charge in [0.1, 0.15) is 6.10 Å². The van der Waals surface area contributed by atoms with Crippen LogP contribution in [0.4, 0.5) is 0 Å². The van der Waals surface area contributed by atoms with E-state index in [-0.39, 0.29) is 12.0 Å². The van der Waals surface area contributed by atoms with Crippen LogP contribution < -0.4 is 0 Å². The van der Waals surface area contributed by atoms with E-state index in [9.17, 15) is 0 Å². The van der Waals surface area contributed by atoms with Gasteiger partial charge in [-0.15, -0.1) is 0 Å². The molecule has 0 aliphatic rings. The molecule has 1 atom stereocenters. The fourth-order valence-corrected chi connectivity index (χ4v) is 0.750. The highest BCUT2D eigenvalue weighted by molar-refractivity contribution is 5.77. The van der Waals surface area contributed by atoms with Crippen molar-refractivity contribution in [1.82, 2.24) is 0 Å². The van der Waals surface area contributed by atoms with Crippen LogP contribution in [0.3, 0.4) is 0 Å². The third-order valence-corrected chi connectivity index (χ3v) is 1.35. The first kappa shape index (κ1) is 9.43. The summed E-state index contributed by atoms with van der Waals surface area (Å²) in [5.74, 6) is 0.212. The van der Waals surface area contributed by atoms with Crippen molar-refractivity contribution in [3.05, 3.63) is 0 Å². The molecule has 0 saturated carbocycles. The molecule has 0 aromatic carbocycles. The van der Waals surface area contributed by atoms with Gasteiger partial charge in [0.2, 0.25) is 5.90 Å². The number of hydrogen-bond acceptors (Lipinski definition) is 3. The predicted molar refractivity (Wildman–Crippen MR) is 40.4 cm³/mol. The first-order valence-corrected chi connectivity index (χ1v) is 3.41. The number of methoxy groups -OCH3 is 2. The molecule has 0 aliphatic heterocycles. The van der Waals surface area contributed by atoms with Crippen molar-refractivity contribution in [2.75, 3.05) is 14.2 Å². The van der Waals surface area contributed by atoms with Gasteiger partial charge in [-0.2, -0.15) is 0 Å². The molecule has 0 saturated heterocycles. The lowest BCUT2D eigenvalue weighted by Crippen LogP contribution is -2.23. The number of rotatable bonds is 4. The minimum atomic E-state index is -0.157. The van der Waals surface area contributed by atoms with Gasteiger partial charge in [-0.3, -0.25) is 5.41 Å². The maximum absolute atomic E-state index is 7.25. The van der Waals surface area contributed by atoms with Crippen molar-refractivity contribution in [3.63, 3.8) is 0 Å². The fraction of sp³-hybridized carbons (Fsp3) is 0.857. The average molecular weight is 145 g/mol. The quantitative estimate of drug-likeness (QED) is 0.480. The topological polar surface area (TPSA) is 42.3 Å². The second-order valence-corrected chi connectivity index (χ2v) is 2.08. The smallest absolute Gasteiger partial charge is 0.210 e. The number of hydrogen-bond donors (Lipinski definition) is 1. The Morgan fingerprint density at radius 1 is 1.50 bits per heavy atom. The van der Waals surface area contributed by atoms with Gasteiger partial charge in [-0.05, 0) is 6.42 Å².